The summed E-state index contributed by atoms with van der Waals surface area (Å²) in [7, 11) is -1.22. The molecular formula is C23H28N4O2S. The van der Waals surface area contributed by atoms with Gasteiger partial charge in [-0.05, 0) is 97.5 Å². The van der Waals surface area contributed by atoms with Crippen LogP contribution < -0.4 is 10.5 Å². The largest absolute Gasteiger partial charge is 0.354 e. The first-order valence-electron chi connectivity index (χ1n) is 10.7. The maximum atomic E-state index is 13.1. The molecule has 0 saturated heterocycles. The van der Waals surface area contributed by atoms with Crippen molar-refractivity contribution in [3.05, 3.63) is 57.6 Å². The third-order valence-corrected chi connectivity index (χ3v) is 8.01. The van der Waals surface area contributed by atoms with Crippen molar-refractivity contribution in [3.8, 4) is 0 Å². The van der Waals surface area contributed by atoms with Crippen LogP contribution in [0.1, 0.15) is 46.2 Å². The number of hydrogen-bond acceptors (Lipinski definition) is 3. The minimum atomic E-state index is -3.31. The third kappa shape index (κ3) is 3.55. The number of nitrogens with one attached hydrogen (secondary N) is 1. The van der Waals surface area contributed by atoms with E-state index in [0.717, 1.165) is 69.3 Å². The van der Waals surface area contributed by atoms with Gasteiger partial charge in [0.1, 0.15) is 9.92 Å². The number of urea groups is 1. The Morgan fingerprint density at radius 3 is 2.40 bits per heavy atom. The SMILES string of the molecule is CN1CCc2cc(S(N)(=O)=NC(=O)Nc3c4c(cc5c3CCC5)CCC4)ccc2C1. The zero-order chi connectivity index (χ0) is 20.9. The molecule has 0 saturated carbocycles. The highest BCUT2D eigenvalue weighted by Gasteiger charge is 2.25. The fraction of sp³-hybridized carbons (Fsp3) is 0.435. The molecule has 0 spiro atoms. The molecule has 1 aliphatic heterocycles. The van der Waals surface area contributed by atoms with Crippen molar-refractivity contribution >= 4 is 21.6 Å². The van der Waals surface area contributed by atoms with Crippen LogP contribution in [-0.4, -0.2) is 28.7 Å². The van der Waals surface area contributed by atoms with Gasteiger partial charge in [0, 0.05) is 18.8 Å². The molecule has 2 aliphatic carbocycles. The first-order valence-corrected chi connectivity index (χ1v) is 12.3. The second kappa shape index (κ2) is 7.48. The Labute approximate surface area is 178 Å². The number of fused-ring (bicyclic) bond motifs is 3. The van der Waals surface area contributed by atoms with E-state index in [0.29, 0.717) is 4.90 Å². The van der Waals surface area contributed by atoms with Crippen molar-refractivity contribution in [2.75, 3.05) is 18.9 Å². The van der Waals surface area contributed by atoms with Crippen molar-refractivity contribution in [2.24, 2.45) is 9.50 Å². The van der Waals surface area contributed by atoms with E-state index in [-0.39, 0.29) is 0 Å². The average molecular weight is 425 g/mol. The molecule has 1 atom stereocenters. The van der Waals surface area contributed by atoms with Crippen LogP contribution in [0.15, 0.2) is 33.5 Å². The van der Waals surface area contributed by atoms with Gasteiger partial charge in [0.15, 0.2) is 0 Å². The van der Waals surface area contributed by atoms with E-state index in [1.54, 1.807) is 6.07 Å². The van der Waals surface area contributed by atoms with E-state index in [4.69, 9.17) is 5.14 Å². The molecule has 0 bridgehead atoms. The summed E-state index contributed by atoms with van der Waals surface area (Å²) in [4.78, 5) is 15.5. The quantitative estimate of drug-likeness (QED) is 0.772. The maximum absolute atomic E-state index is 13.1. The molecule has 1 unspecified atom stereocenters. The number of anilines is 1. The Morgan fingerprint density at radius 1 is 1.00 bits per heavy atom. The van der Waals surface area contributed by atoms with Gasteiger partial charge in [0.2, 0.25) is 0 Å². The summed E-state index contributed by atoms with van der Waals surface area (Å²) in [6.45, 7) is 1.81. The summed E-state index contributed by atoms with van der Waals surface area (Å²) in [5.41, 5.74) is 8.36. The number of amides is 2. The molecule has 3 aliphatic rings. The third-order valence-electron chi connectivity index (χ3n) is 6.64. The van der Waals surface area contributed by atoms with Crippen molar-refractivity contribution in [2.45, 2.75) is 56.4 Å². The van der Waals surface area contributed by atoms with Gasteiger partial charge >= 0.3 is 6.03 Å². The lowest BCUT2D eigenvalue weighted by Crippen LogP contribution is -2.27. The zero-order valence-corrected chi connectivity index (χ0v) is 18.2. The van der Waals surface area contributed by atoms with Gasteiger partial charge in [-0.3, -0.25) is 0 Å². The number of likely N-dealkylation sites (N-methyl/N-ethyl adjacent to an activating group) is 1. The fourth-order valence-corrected chi connectivity index (χ4v) is 6.10. The van der Waals surface area contributed by atoms with Crippen LogP contribution in [0, 0.1) is 0 Å². The molecule has 0 fully saturated rings. The van der Waals surface area contributed by atoms with Crippen LogP contribution in [-0.2, 0) is 48.6 Å². The lowest BCUT2D eigenvalue weighted by atomic mass is 9.99. The van der Waals surface area contributed by atoms with Gasteiger partial charge in [-0.25, -0.2) is 14.1 Å². The van der Waals surface area contributed by atoms with Crippen LogP contribution in [0.2, 0.25) is 0 Å². The van der Waals surface area contributed by atoms with Gasteiger partial charge in [-0.1, -0.05) is 12.1 Å². The normalized spacial score (nSPS) is 19.5. The maximum Gasteiger partial charge on any atom is 0.354 e. The Morgan fingerprint density at radius 2 is 1.70 bits per heavy atom. The summed E-state index contributed by atoms with van der Waals surface area (Å²) in [6, 6.07) is 7.26. The lowest BCUT2D eigenvalue weighted by Gasteiger charge is -2.25. The summed E-state index contributed by atoms with van der Waals surface area (Å²) >= 11 is 0. The van der Waals surface area contributed by atoms with Crippen molar-refractivity contribution in [3.63, 3.8) is 0 Å². The van der Waals surface area contributed by atoms with E-state index >= 15 is 0 Å². The minimum Gasteiger partial charge on any atom is -0.305 e. The number of carbonyl (C=O) groups is 1. The fourth-order valence-electron chi connectivity index (χ4n) is 5.13. The van der Waals surface area contributed by atoms with Crippen LogP contribution in [0.4, 0.5) is 10.5 Å². The summed E-state index contributed by atoms with van der Waals surface area (Å²) in [6.07, 6.45) is 7.14. The highest BCUT2D eigenvalue weighted by atomic mass is 32.2. The molecule has 158 valence electrons. The number of hydrogen-bond donors (Lipinski definition) is 2. The second-order valence-corrected chi connectivity index (χ2v) is 10.5. The Hall–Kier alpha value is -2.22. The van der Waals surface area contributed by atoms with E-state index in [9.17, 15) is 9.00 Å². The van der Waals surface area contributed by atoms with Crippen LogP contribution in [0.3, 0.4) is 0 Å². The smallest absolute Gasteiger partial charge is 0.305 e. The number of nitrogens with zero attached hydrogens (tertiary/aromatic N) is 2. The molecule has 3 N–H and O–H groups in total. The monoisotopic (exact) mass is 424 g/mol. The van der Waals surface area contributed by atoms with Crippen molar-refractivity contribution in [1.82, 2.24) is 4.90 Å². The van der Waals surface area contributed by atoms with Crippen molar-refractivity contribution < 1.29 is 9.00 Å². The lowest BCUT2D eigenvalue weighted by molar-refractivity contribution is 0.260. The van der Waals surface area contributed by atoms with E-state index in [2.05, 4.69) is 27.7 Å². The summed E-state index contributed by atoms with van der Waals surface area (Å²) < 4.78 is 17.1. The molecule has 1 heterocycles. The molecule has 5 rings (SSSR count). The number of rotatable bonds is 2. The molecule has 2 aromatic rings. The van der Waals surface area contributed by atoms with Gasteiger partial charge in [-0.15, -0.1) is 4.36 Å². The number of benzene rings is 2. The molecule has 2 aromatic carbocycles. The summed E-state index contributed by atoms with van der Waals surface area (Å²) in [5.74, 6) is 0. The second-order valence-electron chi connectivity index (χ2n) is 8.74. The predicted octanol–water partition coefficient (Wildman–Crippen LogP) is 3.58. The van der Waals surface area contributed by atoms with E-state index < -0.39 is 15.9 Å². The van der Waals surface area contributed by atoms with Crippen LogP contribution >= 0.6 is 0 Å². The first kappa shape index (κ1) is 19.7. The van der Waals surface area contributed by atoms with Crippen LogP contribution in [0.25, 0.3) is 0 Å². The number of aryl methyl sites for hydroxylation is 2. The molecular weight excluding hydrogens is 396 g/mol. The Kier molecular flexibility index (Phi) is 4.92. The van der Waals surface area contributed by atoms with Crippen molar-refractivity contribution in [1.29, 1.82) is 0 Å². The molecule has 0 aromatic heterocycles. The van der Waals surface area contributed by atoms with E-state index in [1.165, 1.54) is 27.8 Å². The Bertz CT molecular complexity index is 1130. The molecule has 0 radical (unpaired) electrons. The first-order chi connectivity index (χ1) is 14.4. The topological polar surface area (TPSA) is 87.8 Å². The highest BCUT2D eigenvalue weighted by Crippen LogP contribution is 2.38. The standard InChI is InChI=1S/C23H28N4O2S/c1-27-11-10-15-13-19(9-8-18(15)14-27)30(24,29)26-23(28)25-22-20-6-2-4-16(20)12-17-5-3-7-21(17)22/h8-9,12-13H,2-7,10-11,14H2,1H3,(H3,24,25,26,28,29). The Balaban J connectivity index is 1.45. The molecule has 6 nitrogen and oxygen atoms in total. The predicted molar refractivity (Wildman–Crippen MR) is 119 cm³/mol. The minimum absolute atomic E-state index is 0.421. The van der Waals surface area contributed by atoms with Crippen LogP contribution in [0.5, 0.6) is 0 Å². The van der Waals surface area contributed by atoms with Gasteiger partial charge in [0.25, 0.3) is 0 Å². The highest BCUT2D eigenvalue weighted by molar-refractivity contribution is 7.91. The van der Waals surface area contributed by atoms with E-state index in [1.807, 2.05) is 12.1 Å². The van der Waals surface area contributed by atoms with Gasteiger partial charge in [0.05, 0.1) is 4.90 Å². The molecule has 7 heteroatoms. The average Bonchev–Trinajstić information content (AvgIpc) is 3.36. The number of nitrogens with two attached hydrogens (primary N) is 1. The van der Waals surface area contributed by atoms with Gasteiger partial charge in [-0.2, -0.15) is 0 Å². The molecule has 2 amide bonds. The van der Waals surface area contributed by atoms with Gasteiger partial charge < -0.3 is 10.2 Å². The molecule has 30 heavy (non-hydrogen) atoms. The number of carbonyl (C=O) groups excluding carboxylic acids is 1. The zero-order valence-electron chi connectivity index (χ0n) is 17.4. The summed E-state index contributed by atoms with van der Waals surface area (Å²) in [5, 5.41) is 9.03.